The minimum absolute atomic E-state index is 0.0959. The van der Waals surface area contributed by atoms with Gasteiger partial charge in [-0.1, -0.05) is 13.8 Å². The third kappa shape index (κ3) is 2.11. The highest BCUT2D eigenvalue weighted by atomic mass is 16.2. The van der Waals surface area contributed by atoms with Crippen molar-refractivity contribution in [2.24, 2.45) is 5.92 Å². The average molecular weight is 269 g/mol. The first-order valence-electron chi connectivity index (χ1n) is 7.04. The van der Waals surface area contributed by atoms with Crippen molar-refractivity contribution in [3.8, 4) is 0 Å². The van der Waals surface area contributed by atoms with Crippen LogP contribution in [-0.2, 0) is 6.54 Å². The first-order valence-corrected chi connectivity index (χ1v) is 7.04. The zero-order valence-electron chi connectivity index (χ0n) is 11.9. The molecular formula is C16H19N3O. The zero-order valence-corrected chi connectivity index (χ0v) is 11.9. The van der Waals surface area contributed by atoms with Crippen LogP contribution >= 0.6 is 0 Å². The van der Waals surface area contributed by atoms with E-state index in [1.54, 1.807) is 24.5 Å². The third-order valence-electron chi connectivity index (χ3n) is 3.90. The van der Waals surface area contributed by atoms with E-state index in [1.807, 2.05) is 4.90 Å². The van der Waals surface area contributed by atoms with E-state index in [-0.39, 0.29) is 11.9 Å². The Morgan fingerprint density at radius 1 is 1.25 bits per heavy atom. The molecule has 0 spiro atoms. The van der Waals surface area contributed by atoms with Gasteiger partial charge in [-0.2, -0.15) is 0 Å². The van der Waals surface area contributed by atoms with Crippen LogP contribution in [0.15, 0.2) is 42.9 Å². The highest BCUT2D eigenvalue weighted by Crippen LogP contribution is 2.33. The van der Waals surface area contributed by atoms with E-state index in [4.69, 9.17) is 0 Å². The molecule has 20 heavy (non-hydrogen) atoms. The smallest absolute Gasteiger partial charge is 0.254 e. The molecule has 0 aliphatic carbocycles. The maximum absolute atomic E-state index is 12.7. The molecule has 0 unspecified atom stereocenters. The van der Waals surface area contributed by atoms with Gasteiger partial charge in [-0.25, -0.2) is 0 Å². The fourth-order valence-corrected chi connectivity index (χ4v) is 3.00. The van der Waals surface area contributed by atoms with Crippen LogP contribution in [-0.4, -0.2) is 26.9 Å². The van der Waals surface area contributed by atoms with Gasteiger partial charge >= 0.3 is 0 Å². The molecule has 3 heterocycles. The lowest BCUT2D eigenvalue weighted by molar-refractivity contribution is 0.0556. The number of hydrogen-bond donors (Lipinski definition) is 0. The minimum atomic E-state index is 0.0959. The minimum Gasteiger partial charge on any atom is -0.348 e. The van der Waals surface area contributed by atoms with E-state index in [0.717, 1.165) is 13.1 Å². The van der Waals surface area contributed by atoms with Crippen LogP contribution in [0.25, 0.3) is 0 Å². The lowest BCUT2D eigenvalue weighted by Gasteiger charge is -2.39. The normalized spacial score (nSPS) is 18.1. The number of rotatable bonds is 2. The van der Waals surface area contributed by atoms with Crippen LogP contribution in [0.4, 0.5) is 0 Å². The Labute approximate surface area is 119 Å². The number of aromatic nitrogens is 2. The first kappa shape index (κ1) is 12.9. The molecule has 0 saturated carbocycles. The Bertz CT molecular complexity index is 603. The Balaban J connectivity index is 1.96. The standard InChI is InChI=1S/C16H19N3O/c1-12(2)15-14-4-3-9-18(14)10-11-19(15)16(20)13-5-7-17-8-6-13/h3-9,12,15H,10-11H2,1-2H3/t15-/m0/s1. The highest BCUT2D eigenvalue weighted by Gasteiger charge is 2.33. The third-order valence-corrected chi connectivity index (χ3v) is 3.90. The molecule has 2 aromatic rings. The highest BCUT2D eigenvalue weighted by molar-refractivity contribution is 5.94. The van der Waals surface area contributed by atoms with E-state index < -0.39 is 0 Å². The Kier molecular flexibility index (Phi) is 3.30. The van der Waals surface area contributed by atoms with Crippen molar-refractivity contribution >= 4 is 5.91 Å². The molecule has 4 nitrogen and oxygen atoms in total. The summed E-state index contributed by atoms with van der Waals surface area (Å²) in [6, 6.07) is 7.89. The topological polar surface area (TPSA) is 38.1 Å². The maximum atomic E-state index is 12.7. The van der Waals surface area contributed by atoms with Gasteiger partial charge in [0.2, 0.25) is 0 Å². The molecule has 0 saturated heterocycles. The Morgan fingerprint density at radius 2 is 2.00 bits per heavy atom. The number of nitrogens with zero attached hydrogens (tertiary/aromatic N) is 3. The molecule has 1 atom stereocenters. The summed E-state index contributed by atoms with van der Waals surface area (Å²) in [5, 5.41) is 0. The van der Waals surface area contributed by atoms with Crippen LogP contribution < -0.4 is 0 Å². The molecule has 0 fully saturated rings. The maximum Gasteiger partial charge on any atom is 0.254 e. The van der Waals surface area contributed by atoms with E-state index in [2.05, 4.69) is 41.7 Å². The predicted molar refractivity (Wildman–Crippen MR) is 77.3 cm³/mol. The molecular weight excluding hydrogens is 250 g/mol. The van der Waals surface area contributed by atoms with Gasteiger partial charge in [0.15, 0.2) is 0 Å². The van der Waals surface area contributed by atoms with Gasteiger partial charge in [-0.05, 0) is 30.2 Å². The Morgan fingerprint density at radius 3 is 2.70 bits per heavy atom. The van der Waals surface area contributed by atoms with Gasteiger partial charge in [-0.15, -0.1) is 0 Å². The van der Waals surface area contributed by atoms with Gasteiger partial charge in [0, 0.05) is 42.9 Å². The van der Waals surface area contributed by atoms with Gasteiger partial charge in [-0.3, -0.25) is 9.78 Å². The second-order valence-electron chi connectivity index (χ2n) is 5.55. The van der Waals surface area contributed by atoms with Crippen LogP contribution in [0.3, 0.4) is 0 Å². The van der Waals surface area contributed by atoms with Gasteiger partial charge in [0.25, 0.3) is 5.91 Å². The fourth-order valence-electron chi connectivity index (χ4n) is 3.00. The Hall–Kier alpha value is -2.10. The van der Waals surface area contributed by atoms with Crippen molar-refractivity contribution < 1.29 is 4.79 Å². The van der Waals surface area contributed by atoms with E-state index in [1.165, 1.54) is 5.69 Å². The van der Waals surface area contributed by atoms with Gasteiger partial charge < -0.3 is 9.47 Å². The number of hydrogen-bond acceptors (Lipinski definition) is 2. The summed E-state index contributed by atoms with van der Waals surface area (Å²) in [5.41, 5.74) is 1.94. The SMILES string of the molecule is CC(C)[C@H]1c2cccn2CCN1C(=O)c1ccncc1. The lowest BCUT2D eigenvalue weighted by atomic mass is 9.96. The van der Waals surface area contributed by atoms with Crippen molar-refractivity contribution in [2.45, 2.75) is 26.4 Å². The summed E-state index contributed by atoms with van der Waals surface area (Å²) >= 11 is 0. The van der Waals surface area contributed by atoms with E-state index >= 15 is 0 Å². The molecule has 0 bridgehead atoms. The monoisotopic (exact) mass is 269 g/mol. The quantitative estimate of drug-likeness (QED) is 0.840. The zero-order chi connectivity index (χ0) is 14.1. The molecule has 1 aliphatic rings. The summed E-state index contributed by atoms with van der Waals surface area (Å²) in [6.07, 6.45) is 5.44. The second-order valence-corrected chi connectivity index (χ2v) is 5.55. The molecule has 4 heteroatoms. The molecule has 1 aliphatic heterocycles. The second kappa shape index (κ2) is 5.12. The molecule has 0 aromatic carbocycles. The summed E-state index contributed by atoms with van der Waals surface area (Å²) in [5.74, 6) is 0.480. The van der Waals surface area contributed by atoms with Gasteiger partial charge in [0.05, 0.1) is 6.04 Å². The molecule has 0 radical (unpaired) electrons. The van der Waals surface area contributed by atoms with Crippen molar-refractivity contribution in [1.29, 1.82) is 0 Å². The number of carbonyl (C=O) groups excluding carboxylic acids is 1. The molecule has 104 valence electrons. The first-order chi connectivity index (χ1) is 9.68. The van der Waals surface area contributed by atoms with Gasteiger partial charge in [0.1, 0.15) is 0 Å². The lowest BCUT2D eigenvalue weighted by Crippen LogP contribution is -2.43. The molecule has 1 amide bonds. The number of carbonyl (C=O) groups is 1. The number of pyridine rings is 1. The van der Waals surface area contributed by atoms with Crippen LogP contribution in [0, 0.1) is 5.92 Å². The van der Waals surface area contributed by atoms with Crippen molar-refractivity contribution in [1.82, 2.24) is 14.5 Å². The number of amides is 1. The van der Waals surface area contributed by atoms with Crippen LogP contribution in [0.5, 0.6) is 0 Å². The summed E-state index contributed by atoms with van der Waals surface area (Å²) < 4.78 is 2.25. The van der Waals surface area contributed by atoms with Crippen molar-refractivity contribution in [3.05, 3.63) is 54.1 Å². The predicted octanol–water partition coefficient (Wildman–Crippen LogP) is 2.74. The number of fused-ring (bicyclic) bond motifs is 1. The summed E-state index contributed by atoms with van der Waals surface area (Å²) in [7, 11) is 0. The molecule has 2 aromatic heterocycles. The summed E-state index contributed by atoms with van der Waals surface area (Å²) in [4.78, 5) is 18.7. The van der Waals surface area contributed by atoms with E-state index in [0.29, 0.717) is 11.5 Å². The fraction of sp³-hybridized carbons (Fsp3) is 0.375. The molecule has 3 rings (SSSR count). The van der Waals surface area contributed by atoms with E-state index in [9.17, 15) is 4.79 Å². The van der Waals surface area contributed by atoms with Crippen LogP contribution in [0.1, 0.15) is 35.9 Å². The summed E-state index contributed by atoms with van der Waals surface area (Å²) in [6.45, 7) is 5.95. The average Bonchev–Trinajstić information content (AvgIpc) is 2.94. The van der Waals surface area contributed by atoms with Crippen molar-refractivity contribution in [3.63, 3.8) is 0 Å². The molecule has 0 N–H and O–H groups in total. The van der Waals surface area contributed by atoms with Crippen LogP contribution in [0.2, 0.25) is 0 Å². The van der Waals surface area contributed by atoms with Crippen molar-refractivity contribution in [2.75, 3.05) is 6.54 Å². The largest absolute Gasteiger partial charge is 0.348 e.